The summed E-state index contributed by atoms with van der Waals surface area (Å²) in [6.07, 6.45) is 13.4. The van der Waals surface area contributed by atoms with Crippen LogP contribution in [0.5, 0.6) is 0 Å². The summed E-state index contributed by atoms with van der Waals surface area (Å²) < 4.78 is 0. The Labute approximate surface area is 122 Å². The quantitative estimate of drug-likeness (QED) is 0.373. The topological polar surface area (TPSA) is 0 Å². The summed E-state index contributed by atoms with van der Waals surface area (Å²) in [5.74, 6) is 1.01. The van der Waals surface area contributed by atoms with Crippen molar-refractivity contribution in [3.63, 3.8) is 0 Å². The Morgan fingerprint density at radius 2 is 0.941 bits per heavy atom. The monoisotopic (exact) mass is 282 g/mol. The molecule has 0 aromatic carbocycles. The van der Waals surface area contributed by atoms with Gasteiger partial charge in [0.2, 0.25) is 0 Å². The van der Waals surface area contributed by atoms with Crippen molar-refractivity contribution >= 4 is 0 Å². The Balaban J connectivity index is -0.000000216. The van der Waals surface area contributed by atoms with Crippen molar-refractivity contribution < 1.29 is 17.1 Å². The van der Waals surface area contributed by atoms with Gasteiger partial charge in [0.1, 0.15) is 0 Å². The zero-order chi connectivity index (χ0) is 10.4. The third-order valence-corrected chi connectivity index (χ3v) is 3.83. The van der Waals surface area contributed by atoms with E-state index in [1.54, 1.807) is 0 Å². The summed E-state index contributed by atoms with van der Waals surface area (Å²) >= 11 is 0. The molecule has 106 valence electrons. The first-order valence-electron chi connectivity index (χ1n) is 6.61. The van der Waals surface area contributed by atoms with Crippen LogP contribution in [-0.4, -0.2) is 0 Å². The Morgan fingerprint density at radius 3 is 1.12 bits per heavy atom. The molecule has 0 aromatic heterocycles. The minimum absolute atomic E-state index is 0. The first kappa shape index (κ1) is 22.7. The predicted octanol–water partition coefficient (Wildman–Crippen LogP) is 6.07. The first-order chi connectivity index (χ1) is 6.61. The SMILES string of the molecule is C1CCCC1.CC(C)(C)C1CCCC1.[CH3-].[CH3-].[Fe+2]. The van der Waals surface area contributed by atoms with Gasteiger partial charge in [-0.2, -0.15) is 0 Å². The molecular weight excluding hydrogens is 248 g/mol. The third kappa shape index (κ3) is 10.2. The second-order valence-electron chi connectivity index (χ2n) is 6.12. The van der Waals surface area contributed by atoms with Gasteiger partial charge in [0.05, 0.1) is 0 Å². The van der Waals surface area contributed by atoms with Crippen molar-refractivity contribution in [2.75, 3.05) is 0 Å². The molecule has 2 aliphatic carbocycles. The van der Waals surface area contributed by atoms with Gasteiger partial charge >= 0.3 is 17.1 Å². The fourth-order valence-electron chi connectivity index (χ4n) is 2.68. The maximum atomic E-state index is 2.36. The minimum Gasteiger partial charge on any atom is -0.358 e. The maximum absolute atomic E-state index is 2.36. The predicted molar refractivity (Wildman–Crippen MR) is 77.3 cm³/mol. The van der Waals surface area contributed by atoms with E-state index in [9.17, 15) is 0 Å². The van der Waals surface area contributed by atoms with Gasteiger partial charge in [0, 0.05) is 0 Å². The molecule has 1 heteroatoms. The van der Waals surface area contributed by atoms with Crippen molar-refractivity contribution in [3.8, 4) is 0 Å². The molecule has 0 spiro atoms. The summed E-state index contributed by atoms with van der Waals surface area (Å²) in [6, 6.07) is 0. The molecule has 0 radical (unpaired) electrons. The normalized spacial score (nSPS) is 19.2. The maximum Gasteiger partial charge on any atom is 2.00 e. The van der Waals surface area contributed by atoms with Crippen molar-refractivity contribution in [2.45, 2.75) is 78.6 Å². The van der Waals surface area contributed by atoms with Gasteiger partial charge in [-0.05, 0) is 24.2 Å². The van der Waals surface area contributed by atoms with Crippen molar-refractivity contribution in [1.29, 1.82) is 0 Å². The van der Waals surface area contributed by atoms with Gasteiger partial charge in [0.25, 0.3) is 0 Å². The summed E-state index contributed by atoms with van der Waals surface area (Å²) in [4.78, 5) is 0. The van der Waals surface area contributed by atoms with Crippen LogP contribution in [0.2, 0.25) is 0 Å². The van der Waals surface area contributed by atoms with E-state index >= 15 is 0 Å². The van der Waals surface area contributed by atoms with E-state index in [4.69, 9.17) is 0 Å². The number of hydrogen-bond acceptors (Lipinski definition) is 0. The van der Waals surface area contributed by atoms with E-state index in [0.29, 0.717) is 5.41 Å². The van der Waals surface area contributed by atoms with E-state index in [-0.39, 0.29) is 31.9 Å². The Kier molecular flexibility index (Phi) is 15.5. The summed E-state index contributed by atoms with van der Waals surface area (Å²) in [7, 11) is 0. The van der Waals surface area contributed by atoms with Gasteiger partial charge in [-0.15, -0.1) is 0 Å². The standard InChI is InChI=1S/C9H18.C5H10.2CH3.Fe/c1-9(2,3)8-6-4-5-7-8;1-2-4-5-3-1;;;/h8H,4-7H2,1-3H3;1-5H2;2*1H3;/q;;2*-1;+2. The van der Waals surface area contributed by atoms with Gasteiger partial charge < -0.3 is 14.9 Å². The van der Waals surface area contributed by atoms with E-state index in [0.717, 1.165) is 5.92 Å². The molecule has 0 unspecified atom stereocenters. The van der Waals surface area contributed by atoms with E-state index in [1.165, 1.54) is 57.8 Å². The van der Waals surface area contributed by atoms with Gasteiger partial charge in [-0.1, -0.05) is 65.7 Å². The Morgan fingerprint density at radius 1 is 0.647 bits per heavy atom. The smallest absolute Gasteiger partial charge is 0.358 e. The Hall–Kier alpha value is 0.519. The first-order valence-corrected chi connectivity index (χ1v) is 6.61. The van der Waals surface area contributed by atoms with Gasteiger partial charge in [-0.25, -0.2) is 0 Å². The summed E-state index contributed by atoms with van der Waals surface area (Å²) in [6.45, 7) is 7.09. The fourth-order valence-corrected chi connectivity index (χ4v) is 2.68. The molecular formula is C16H34Fe. The van der Waals surface area contributed by atoms with Gasteiger partial charge in [-0.3, -0.25) is 0 Å². The third-order valence-electron chi connectivity index (χ3n) is 3.83. The van der Waals surface area contributed by atoms with Crippen molar-refractivity contribution in [1.82, 2.24) is 0 Å². The van der Waals surface area contributed by atoms with Crippen LogP contribution in [0, 0.1) is 26.2 Å². The second kappa shape index (κ2) is 11.6. The van der Waals surface area contributed by atoms with Crippen molar-refractivity contribution in [2.24, 2.45) is 11.3 Å². The molecule has 0 aromatic rings. The Bertz CT molecular complexity index is 128. The van der Waals surface area contributed by atoms with Crippen LogP contribution in [0.25, 0.3) is 0 Å². The average Bonchev–Trinajstić information content (AvgIpc) is 2.80. The van der Waals surface area contributed by atoms with Crippen LogP contribution in [0.1, 0.15) is 78.6 Å². The molecule has 17 heavy (non-hydrogen) atoms. The van der Waals surface area contributed by atoms with Crippen LogP contribution < -0.4 is 0 Å². The zero-order valence-corrected chi connectivity index (χ0v) is 13.9. The fraction of sp³-hybridized carbons (Fsp3) is 0.875. The van der Waals surface area contributed by atoms with Crippen molar-refractivity contribution in [3.05, 3.63) is 14.9 Å². The number of rotatable bonds is 0. The molecule has 0 atom stereocenters. The van der Waals surface area contributed by atoms with E-state index in [1.807, 2.05) is 0 Å². The molecule has 0 nitrogen and oxygen atoms in total. The molecule has 0 heterocycles. The van der Waals surface area contributed by atoms with Gasteiger partial charge in [0.15, 0.2) is 0 Å². The van der Waals surface area contributed by atoms with E-state index < -0.39 is 0 Å². The minimum atomic E-state index is 0. The molecule has 0 saturated heterocycles. The van der Waals surface area contributed by atoms with Crippen LogP contribution in [0.15, 0.2) is 0 Å². The van der Waals surface area contributed by atoms with Crippen LogP contribution in [0.4, 0.5) is 0 Å². The van der Waals surface area contributed by atoms with Crippen LogP contribution >= 0.6 is 0 Å². The summed E-state index contributed by atoms with van der Waals surface area (Å²) in [5, 5.41) is 0. The van der Waals surface area contributed by atoms with E-state index in [2.05, 4.69) is 20.8 Å². The van der Waals surface area contributed by atoms with Crippen LogP contribution in [-0.2, 0) is 17.1 Å². The largest absolute Gasteiger partial charge is 2.00 e. The second-order valence-corrected chi connectivity index (χ2v) is 6.12. The molecule has 2 saturated carbocycles. The molecule has 0 bridgehead atoms. The molecule has 2 fully saturated rings. The summed E-state index contributed by atoms with van der Waals surface area (Å²) in [5.41, 5.74) is 0.580. The molecule has 0 N–H and O–H groups in total. The molecule has 2 aliphatic rings. The van der Waals surface area contributed by atoms with Crippen LogP contribution in [0.3, 0.4) is 0 Å². The molecule has 2 rings (SSSR count). The zero-order valence-electron chi connectivity index (χ0n) is 12.8. The molecule has 0 amide bonds. The average molecular weight is 282 g/mol. The molecule has 0 aliphatic heterocycles. The number of hydrogen-bond donors (Lipinski definition) is 0.